The van der Waals surface area contributed by atoms with Crippen molar-refractivity contribution in [2.75, 3.05) is 14.2 Å². The first-order chi connectivity index (χ1) is 7.99. The predicted octanol–water partition coefficient (Wildman–Crippen LogP) is -0.164. The van der Waals surface area contributed by atoms with Crippen LogP contribution in [0, 0.1) is 5.92 Å². The van der Waals surface area contributed by atoms with E-state index in [4.69, 9.17) is 4.74 Å². The third-order valence-corrected chi connectivity index (χ3v) is 2.61. The third kappa shape index (κ3) is 3.08. The van der Waals surface area contributed by atoms with Crippen molar-refractivity contribution in [2.24, 2.45) is 5.92 Å². The van der Waals surface area contributed by atoms with Gasteiger partial charge >= 0.3 is 18.0 Å². The first-order valence-corrected chi connectivity index (χ1v) is 5.11. The van der Waals surface area contributed by atoms with E-state index >= 15 is 0 Å². The van der Waals surface area contributed by atoms with Crippen molar-refractivity contribution in [3.8, 4) is 0 Å². The summed E-state index contributed by atoms with van der Waals surface area (Å²) < 4.78 is 14.0. The number of carbonyl (C=O) groups is 3. The number of rotatable bonds is 2. The molecule has 1 saturated heterocycles. The van der Waals surface area contributed by atoms with Gasteiger partial charge in [0.15, 0.2) is 0 Å². The van der Waals surface area contributed by atoms with E-state index in [0.717, 1.165) is 0 Å². The quantitative estimate of drug-likeness (QED) is 0.536. The molecule has 0 aromatic rings. The number of alkyl carbamates (subject to hydrolysis) is 1. The SMILES string of the molecule is COC(=O)N[C@@H]1CC(=O)O[C@H](C)[C@H]1C(=O)OC. The second-order valence-corrected chi connectivity index (χ2v) is 3.69. The summed E-state index contributed by atoms with van der Waals surface area (Å²) in [6.45, 7) is 1.57. The lowest BCUT2D eigenvalue weighted by atomic mass is 9.90. The summed E-state index contributed by atoms with van der Waals surface area (Å²) in [7, 11) is 2.44. The highest BCUT2D eigenvalue weighted by molar-refractivity contribution is 5.81. The Kier molecular flexibility index (Phi) is 4.30. The van der Waals surface area contributed by atoms with Gasteiger partial charge < -0.3 is 19.5 Å². The van der Waals surface area contributed by atoms with E-state index in [1.807, 2.05) is 0 Å². The molecule has 0 aromatic carbocycles. The Morgan fingerprint density at radius 1 is 1.35 bits per heavy atom. The van der Waals surface area contributed by atoms with Crippen molar-refractivity contribution < 1.29 is 28.6 Å². The highest BCUT2D eigenvalue weighted by Gasteiger charge is 2.42. The van der Waals surface area contributed by atoms with Crippen LogP contribution in [0.2, 0.25) is 0 Å². The minimum Gasteiger partial charge on any atom is -0.469 e. The van der Waals surface area contributed by atoms with Crippen molar-refractivity contribution in [1.82, 2.24) is 5.32 Å². The van der Waals surface area contributed by atoms with Crippen LogP contribution >= 0.6 is 0 Å². The number of amides is 1. The van der Waals surface area contributed by atoms with E-state index in [9.17, 15) is 14.4 Å². The number of carbonyl (C=O) groups excluding carboxylic acids is 3. The molecule has 7 heteroatoms. The third-order valence-electron chi connectivity index (χ3n) is 2.61. The molecule has 1 rings (SSSR count). The Labute approximate surface area is 98.4 Å². The molecule has 0 aromatic heterocycles. The van der Waals surface area contributed by atoms with Gasteiger partial charge in [0.2, 0.25) is 0 Å². The molecule has 0 saturated carbocycles. The van der Waals surface area contributed by atoms with Gasteiger partial charge in [-0.05, 0) is 6.92 Å². The van der Waals surface area contributed by atoms with E-state index in [-0.39, 0.29) is 6.42 Å². The summed E-state index contributed by atoms with van der Waals surface area (Å²) in [4.78, 5) is 33.9. The lowest BCUT2D eigenvalue weighted by Gasteiger charge is -2.33. The highest BCUT2D eigenvalue weighted by Crippen LogP contribution is 2.23. The number of ether oxygens (including phenoxy) is 3. The van der Waals surface area contributed by atoms with E-state index in [1.54, 1.807) is 6.92 Å². The van der Waals surface area contributed by atoms with Gasteiger partial charge in [0.25, 0.3) is 0 Å². The van der Waals surface area contributed by atoms with Crippen LogP contribution in [0.3, 0.4) is 0 Å². The van der Waals surface area contributed by atoms with Crippen LogP contribution in [0.15, 0.2) is 0 Å². The molecule has 17 heavy (non-hydrogen) atoms. The first kappa shape index (κ1) is 13.3. The molecule has 1 aliphatic rings. The number of hydrogen-bond acceptors (Lipinski definition) is 6. The summed E-state index contributed by atoms with van der Waals surface area (Å²) in [5.41, 5.74) is 0. The van der Waals surface area contributed by atoms with Crippen molar-refractivity contribution >= 4 is 18.0 Å². The predicted molar refractivity (Wildman–Crippen MR) is 55.0 cm³/mol. The summed E-state index contributed by atoms with van der Waals surface area (Å²) in [6.07, 6.45) is -1.43. The van der Waals surface area contributed by atoms with Crippen LogP contribution < -0.4 is 5.32 Å². The summed E-state index contributed by atoms with van der Waals surface area (Å²) >= 11 is 0. The summed E-state index contributed by atoms with van der Waals surface area (Å²) in [5.74, 6) is -1.73. The molecule has 1 aliphatic heterocycles. The minimum atomic E-state index is -0.725. The number of esters is 2. The van der Waals surface area contributed by atoms with E-state index in [0.29, 0.717) is 0 Å². The monoisotopic (exact) mass is 245 g/mol. The summed E-state index contributed by atoms with van der Waals surface area (Å²) in [5, 5.41) is 2.43. The molecule has 1 amide bonds. The standard InChI is InChI=1S/C10H15NO6/c1-5-8(9(13)15-2)6(4-7(12)17-5)11-10(14)16-3/h5-6,8H,4H2,1-3H3,(H,11,14)/t5-,6-,8-/m1/s1. The minimum absolute atomic E-state index is 0.0841. The maximum absolute atomic E-state index is 11.6. The van der Waals surface area contributed by atoms with Crippen molar-refractivity contribution in [3.05, 3.63) is 0 Å². The van der Waals surface area contributed by atoms with Crippen molar-refractivity contribution in [3.63, 3.8) is 0 Å². The molecule has 7 nitrogen and oxygen atoms in total. The van der Waals surface area contributed by atoms with Crippen LogP contribution in [0.5, 0.6) is 0 Å². The molecule has 0 bridgehead atoms. The highest BCUT2D eigenvalue weighted by atomic mass is 16.6. The van der Waals surface area contributed by atoms with E-state index < -0.39 is 36.1 Å². The van der Waals surface area contributed by atoms with Crippen molar-refractivity contribution in [2.45, 2.75) is 25.5 Å². The second kappa shape index (κ2) is 5.51. The average Bonchev–Trinajstić information content (AvgIpc) is 2.27. The fourth-order valence-corrected chi connectivity index (χ4v) is 1.81. The molecule has 0 unspecified atom stereocenters. The maximum Gasteiger partial charge on any atom is 0.407 e. The van der Waals surface area contributed by atoms with Gasteiger partial charge in [-0.1, -0.05) is 0 Å². The zero-order valence-corrected chi connectivity index (χ0v) is 9.89. The van der Waals surface area contributed by atoms with E-state index in [2.05, 4.69) is 14.8 Å². The topological polar surface area (TPSA) is 90.9 Å². The van der Waals surface area contributed by atoms with Crippen LogP contribution in [-0.4, -0.2) is 44.4 Å². The maximum atomic E-state index is 11.6. The lowest BCUT2D eigenvalue weighted by molar-refractivity contribution is -0.168. The Balaban J connectivity index is 2.82. The molecule has 1 heterocycles. The molecule has 1 N–H and O–H groups in total. The average molecular weight is 245 g/mol. The van der Waals surface area contributed by atoms with E-state index in [1.165, 1.54) is 14.2 Å². The van der Waals surface area contributed by atoms with Crippen LogP contribution in [0.4, 0.5) is 4.79 Å². The fourth-order valence-electron chi connectivity index (χ4n) is 1.81. The molecular formula is C10H15NO6. The van der Waals surface area contributed by atoms with Gasteiger partial charge in [0, 0.05) is 0 Å². The fraction of sp³-hybridized carbons (Fsp3) is 0.700. The Hall–Kier alpha value is -1.79. The molecule has 96 valence electrons. The first-order valence-electron chi connectivity index (χ1n) is 5.11. The zero-order chi connectivity index (χ0) is 13.0. The zero-order valence-electron chi connectivity index (χ0n) is 9.89. The van der Waals surface area contributed by atoms with Gasteiger partial charge in [-0.15, -0.1) is 0 Å². The summed E-state index contributed by atoms with van der Waals surface area (Å²) in [6, 6.07) is -0.675. The van der Waals surface area contributed by atoms with Crippen LogP contribution in [-0.2, 0) is 23.8 Å². The van der Waals surface area contributed by atoms with Crippen molar-refractivity contribution in [1.29, 1.82) is 0 Å². The molecule has 1 fully saturated rings. The van der Waals surface area contributed by atoms with Gasteiger partial charge in [-0.25, -0.2) is 4.79 Å². The van der Waals surface area contributed by atoms with Crippen LogP contribution in [0.25, 0.3) is 0 Å². The Morgan fingerprint density at radius 2 is 2.00 bits per heavy atom. The van der Waals surface area contributed by atoms with Gasteiger partial charge in [-0.2, -0.15) is 0 Å². The van der Waals surface area contributed by atoms with Gasteiger partial charge in [0.05, 0.1) is 26.7 Å². The van der Waals surface area contributed by atoms with Gasteiger partial charge in [0.1, 0.15) is 12.0 Å². The second-order valence-electron chi connectivity index (χ2n) is 3.69. The number of hydrogen-bond donors (Lipinski definition) is 1. The van der Waals surface area contributed by atoms with Crippen LogP contribution in [0.1, 0.15) is 13.3 Å². The molecule has 3 atom stereocenters. The largest absolute Gasteiger partial charge is 0.469 e. The smallest absolute Gasteiger partial charge is 0.407 e. The molecule has 0 spiro atoms. The Morgan fingerprint density at radius 3 is 2.53 bits per heavy atom. The Bertz CT molecular complexity index is 329. The van der Waals surface area contributed by atoms with Gasteiger partial charge in [-0.3, -0.25) is 9.59 Å². The molecule has 0 aliphatic carbocycles. The normalized spacial score (nSPS) is 27.9. The molecular weight excluding hydrogens is 230 g/mol. The lowest BCUT2D eigenvalue weighted by Crippen LogP contribution is -2.53. The number of cyclic esters (lactones) is 1. The number of methoxy groups -OCH3 is 2. The number of nitrogens with one attached hydrogen (secondary N) is 1. The molecule has 0 radical (unpaired) electrons.